The second kappa shape index (κ2) is 10.9. The van der Waals surface area contributed by atoms with Crippen molar-refractivity contribution < 1.29 is 33.3 Å². The van der Waals surface area contributed by atoms with Crippen molar-refractivity contribution in [1.29, 1.82) is 0 Å². The smallest absolute Gasteiger partial charge is 0.249 e. The van der Waals surface area contributed by atoms with Crippen LogP contribution in [0.15, 0.2) is 61.1 Å². The van der Waals surface area contributed by atoms with Crippen LogP contribution in [0.2, 0.25) is 0 Å². The van der Waals surface area contributed by atoms with E-state index in [0.29, 0.717) is 12.5 Å². The first-order chi connectivity index (χ1) is 16.2. The number of aromatic nitrogens is 3. The van der Waals surface area contributed by atoms with E-state index in [4.69, 9.17) is 9.72 Å². The maximum atomic E-state index is 6.02. The van der Waals surface area contributed by atoms with Crippen molar-refractivity contribution in [3.05, 3.63) is 82.9 Å². The van der Waals surface area contributed by atoms with Gasteiger partial charge in [0.05, 0.1) is 18.8 Å². The van der Waals surface area contributed by atoms with Crippen LogP contribution in [-0.2, 0) is 13.0 Å². The Morgan fingerprint density at radius 2 is 2.00 bits per heavy atom. The van der Waals surface area contributed by atoms with E-state index in [0.717, 1.165) is 41.6 Å². The number of rotatable bonds is 7. The van der Waals surface area contributed by atoms with Crippen molar-refractivity contribution in [2.75, 3.05) is 11.9 Å². The number of halogens is 1. The molecule has 1 N–H and O–H groups in total. The molecule has 0 aliphatic heterocycles. The zero-order chi connectivity index (χ0) is 22.8. The van der Waals surface area contributed by atoms with Crippen molar-refractivity contribution in [3.63, 3.8) is 0 Å². The molecule has 2 heterocycles. The highest BCUT2D eigenvalue weighted by Gasteiger charge is 2.26. The molecule has 178 valence electrons. The predicted octanol–water partition coefficient (Wildman–Crippen LogP) is 3.16. The number of nitrogens with one attached hydrogen (secondary N) is 1. The van der Waals surface area contributed by atoms with Gasteiger partial charge < -0.3 is 34.0 Å². The number of nitrogens with zero attached hydrogens (tertiary/aromatic N) is 3. The van der Waals surface area contributed by atoms with Crippen molar-refractivity contribution in [3.8, 4) is 11.4 Å². The van der Waals surface area contributed by atoms with Crippen LogP contribution in [0.25, 0.3) is 5.69 Å². The van der Waals surface area contributed by atoms with E-state index in [1.807, 2.05) is 6.92 Å². The van der Waals surface area contributed by atoms with Crippen LogP contribution in [0.1, 0.15) is 54.4 Å². The van der Waals surface area contributed by atoms with Crippen molar-refractivity contribution in [2.45, 2.75) is 52.5 Å². The lowest BCUT2D eigenvalue weighted by Gasteiger charge is -2.21. The minimum absolute atomic E-state index is 0. The Labute approximate surface area is 222 Å². The van der Waals surface area contributed by atoms with Gasteiger partial charge in [-0.1, -0.05) is 30.3 Å². The standard InChI is InChI=1S/C27H31N4OS.HI/c1-4-30-18-31(17-19(30)3)23-15-14-21(16-24(23)32-5-2)28-27-29-26-22(12-9-13-25(26)33-27)20-10-7-6-8-11-20;/h6-8,10-11,14-18,22H,4-5,9,12-13H2,1-3H3,(H,28,29);1H/q+1;/p-1. The van der Waals surface area contributed by atoms with Crippen LogP contribution in [0, 0.1) is 6.92 Å². The van der Waals surface area contributed by atoms with Gasteiger partial charge in [0.25, 0.3) is 0 Å². The molecule has 1 atom stereocenters. The molecule has 0 saturated heterocycles. The van der Waals surface area contributed by atoms with Crippen LogP contribution in [0.5, 0.6) is 5.75 Å². The molecule has 2 aromatic heterocycles. The fourth-order valence-electron chi connectivity index (χ4n) is 4.69. The number of fused-ring (bicyclic) bond motifs is 1. The third kappa shape index (κ3) is 5.00. The fourth-order valence-corrected chi connectivity index (χ4v) is 5.78. The van der Waals surface area contributed by atoms with Crippen LogP contribution < -0.4 is 38.6 Å². The van der Waals surface area contributed by atoms with Gasteiger partial charge in [0.15, 0.2) is 16.6 Å². The van der Waals surface area contributed by atoms with Crippen LogP contribution >= 0.6 is 11.3 Å². The highest BCUT2D eigenvalue weighted by molar-refractivity contribution is 7.15. The lowest BCUT2D eigenvalue weighted by Crippen LogP contribution is -3.00. The summed E-state index contributed by atoms with van der Waals surface area (Å²) in [6.45, 7) is 7.87. The summed E-state index contributed by atoms with van der Waals surface area (Å²) in [5.41, 5.74) is 5.87. The lowest BCUT2D eigenvalue weighted by molar-refractivity contribution is -0.595. The molecule has 0 saturated carbocycles. The molecule has 0 amide bonds. The van der Waals surface area contributed by atoms with Crippen molar-refractivity contribution in [1.82, 2.24) is 9.55 Å². The summed E-state index contributed by atoms with van der Waals surface area (Å²) in [5, 5.41) is 4.51. The maximum absolute atomic E-state index is 6.02. The number of imidazole rings is 1. The van der Waals surface area contributed by atoms with Crippen LogP contribution in [0.4, 0.5) is 10.8 Å². The SMILES string of the molecule is CCOc1cc(Nc2nc3c(s2)CCCC3c2ccccc2)ccc1-[n+]1cc(C)n(CC)c1.[I-]. The second-order valence-corrected chi connectivity index (χ2v) is 9.59. The van der Waals surface area contributed by atoms with Gasteiger partial charge in [-0.2, -0.15) is 4.57 Å². The molecule has 0 bridgehead atoms. The first kappa shape index (κ1) is 24.7. The van der Waals surface area contributed by atoms with E-state index in [9.17, 15) is 0 Å². The quantitative estimate of drug-likeness (QED) is 0.268. The second-order valence-electron chi connectivity index (χ2n) is 8.50. The third-order valence-corrected chi connectivity index (χ3v) is 7.38. The van der Waals surface area contributed by atoms with Gasteiger partial charge in [0, 0.05) is 29.5 Å². The zero-order valence-corrected chi connectivity index (χ0v) is 22.9. The fraction of sp³-hybridized carbons (Fsp3) is 0.333. The summed E-state index contributed by atoms with van der Waals surface area (Å²) in [6, 6.07) is 17.1. The maximum Gasteiger partial charge on any atom is 0.249 e. The highest BCUT2D eigenvalue weighted by atomic mass is 127. The monoisotopic (exact) mass is 586 g/mol. The third-order valence-electron chi connectivity index (χ3n) is 6.33. The summed E-state index contributed by atoms with van der Waals surface area (Å²) in [5.74, 6) is 1.26. The number of thiazole rings is 1. The summed E-state index contributed by atoms with van der Waals surface area (Å²) in [4.78, 5) is 6.45. The molecule has 0 radical (unpaired) electrons. The minimum Gasteiger partial charge on any atom is -1.00 e. The van der Waals surface area contributed by atoms with Crippen molar-refractivity contribution >= 4 is 22.2 Å². The molecule has 1 aliphatic carbocycles. The number of hydrogen-bond acceptors (Lipinski definition) is 4. The molecular weight excluding hydrogens is 555 g/mol. The van der Waals surface area contributed by atoms with E-state index in [2.05, 4.69) is 89.4 Å². The van der Waals surface area contributed by atoms with E-state index in [1.54, 1.807) is 11.3 Å². The average molecular weight is 587 g/mol. The molecule has 0 fully saturated rings. The number of ether oxygens (including phenoxy) is 1. The Morgan fingerprint density at radius 1 is 1.18 bits per heavy atom. The van der Waals surface area contributed by atoms with E-state index in [-0.39, 0.29) is 24.0 Å². The van der Waals surface area contributed by atoms with Crippen LogP contribution in [-0.4, -0.2) is 16.2 Å². The van der Waals surface area contributed by atoms with E-state index < -0.39 is 0 Å². The first-order valence-electron chi connectivity index (χ1n) is 11.8. The molecular formula is C27H31IN4OS. The normalized spacial score (nSPS) is 14.9. The van der Waals surface area contributed by atoms with Crippen LogP contribution in [0.3, 0.4) is 0 Å². The summed E-state index contributed by atoms with van der Waals surface area (Å²) < 4.78 is 10.4. The van der Waals surface area contributed by atoms with Gasteiger partial charge in [0.2, 0.25) is 6.33 Å². The van der Waals surface area contributed by atoms with Gasteiger partial charge in [-0.3, -0.25) is 0 Å². The van der Waals surface area contributed by atoms with Gasteiger partial charge in [-0.05, 0) is 50.8 Å². The molecule has 1 unspecified atom stereocenters. The molecule has 1 aliphatic rings. The zero-order valence-electron chi connectivity index (χ0n) is 19.9. The molecule has 5 rings (SSSR count). The Morgan fingerprint density at radius 3 is 2.74 bits per heavy atom. The summed E-state index contributed by atoms with van der Waals surface area (Å²) >= 11 is 1.79. The van der Waals surface area contributed by atoms with Crippen molar-refractivity contribution in [2.24, 2.45) is 0 Å². The highest BCUT2D eigenvalue weighted by Crippen LogP contribution is 2.41. The molecule has 7 heteroatoms. The van der Waals surface area contributed by atoms with Gasteiger partial charge in [0.1, 0.15) is 11.9 Å². The predicted molar refractivity (Wildman–Crippen MR) is 134 cm³/mol. The summed E-state index contributed by atoms with van der Waals surface area (Å²) in [6.07, 6.45) is 7.76. The molecule has 4 aromatic rings. The number of hydrogen-bond donors (Lipinski definition) is 1. The van der Waals surface area contributed by atoms with Gasteiger partial charge in [-0.25, -0.2) is 9.55 Å². The lowest BCUT2D eigenvalue weighted by atomic mass is 9.85. The minimum atomic E-state index is 0. The number of benzene rings is 2. The average Bonchev–Trinajstić information content (AvgIpc) is 3.42. The van der Waals surface area contributed by atoms with E-state index in [1.165, 1.54) is 28.2 Å². The van der Waals surface area contributed by atoms with E-state index >= 15 is 0 Å². The Kier molecular flexibility index (Phi) is 7.93. The number of aryl methyl sites for hydroxylation is 3. The molecule has 2 aromatic carbocycles. The number of anilines is 2. The summed E-state index contributed by atoms with van der Waals surface area (Å²) in [7, 11) is 0. The van der Waals surface area contributed by atoms with Gasteiger partial charge in [-0.15, -0.1) is 11.3 Å². The Balaban J connectivity index is 0.00000274. The topological polar surface area (TPSA) is 43.0 Å². The Hall–Kier alpha value is -2.39. The van der Waals surface area contributed by atoms with Gasteiger partial charge >= 0.3 is 0 Å². The first-order valence-corrected chi connectivity index (χ1v) is 12.6. The Bertz CT molecular complexity index is 1250. The molecule has 0 spiro atoms. The molecule has 34 heavy (non-hydrogen) atoms. The molecule has 5 nitrogen and oxygen atoms in total. The largest absolute Gasteiger partial charge is 1.00 e.